The van der Waals surface area contributed by atoms with Gasteiger partial charge in [0.15, 0.2) is 0 Å². The molecule has 0 saturated heterocycles. The Kier molecular flexibility index (Phi) is 7.54. The fraction of sp³-hybridized carbons (Fsp3) is 0.500. The van der Waals surface area contributed by atoms with Crippen molar-refractivity contribution in [2.75, 3.05) is 6.54 Å². The highest BCUT2D eigenvalue weighted by Crippen LogP contribution is 2.41. The minimum Gasteiger partial charge on any atom is -0.351 e. The van der Waals surface area contributed by atoms with Crippen LogP contribution in [0, 0.1) is 11.8 Å². The zero-order chi connectivity index (χ0) is 25.3. The highest BCUT2D eigenvalue weighted by atomic mass is 19.3. The third-order valence-electron chi connectivity index (χ3n) is 8.42. The van der Waals surface area contributed by atoms with Crippen molar-refractivity contribution in [2.24, 2.45) is 11.8 Å². The van der Waals surface area contributed by atoms with Crippen LogP contribution in [0.15, 0.2) is 93.9 Å². The molecule has 0 bridgehead atoms. The van der Waals surface area contributed by atoms with Crippen LogP contribution >= 0.6 is 0 Å². The van der Waals surface area contributed by atoms with Crippen LogP contribution in [0.25, 0.3) is 0 Å². The van der Waals surface area contributed by atoms with E-state index in [9.17, 15) is 8.78 Å². The van der Waals surface area contributed by atoms with Gasteiger partial charge < -0.3 is 4.90 Å². The number of alkyl halides is 2. The Labute approximate surface area is 211 Å². The molecule has 0 aromatic carbocycles. The summed E-state index contributed by atoms with van der Waals surface area (Å²) >= 11 is 0. The van der Waals surface area contributed by atoms with Gasteiger partial charge in [-0.3, -0.25) is 0 Å². The molecule has 0 aromatic rings. The Morgan fingerprint density at radius 3 is 2.43 bits per heavy atom. The van der Waals surface area contributed by atoms with E-state index >= 15 is 0 Å². The third kappa shape index (κ3) is 5.88. The molecule has 0 spiro atoms. The highest BCUT2D eigenvalue weighted by molar-refractivity contribution is 5.56. The summed E-state index contributed by atoms with van der Waals surface area (Å²) in [5.74, 6) is -1.81. The van der Waals surface area contributed by atoms with Gasteiger partial charge in [0.25, 0.3) is 0 Å². The van der Waals surface area contributed by atoms with E-state index in [0.29, 0.717) is 24.7 Å². The van der Waals surface area contributed by atoms with Crippen LogP contribution in [0.1, 0.15) is 79.1 Å². The normalized spacial score (nSPS) is 26.4. The van der Waals surface area contributed by atoms with Crippen molar-refractivity contribution in [1.29, 1.82) is 0 Å². The van der Waals surface area contributed by atoms with E-state index in [0.717, 1.165) is 43.4 Å². The molecule has 1 aliphatic heterocycles. The Morgan fingerprint density at radius 1 is 1.11 bits per heavy atom. The van der Waals surface area contributed by atoms with Crippen LogP contribution in [0.2, 0.25) is 0 Å². The molecular formula is C32H41F2N. The second kappa shape index (κ2) is 10.3. The van der Waals surface area contributed by atoms with Gasteiger partial charge in [0, 0.05) is 43.6 Å². The molecule has 1 saturated carbocycles. The van der Waals surface area contributed by atoms with Crippen molar-refractivity contribution >= 4 is 0 Å². The molecule has 0 radical (unpaired) electrons. The third-order valence-corrected chi connectivity index (χ3v) is 8.42. The lowest BCUT2D eigenvalue weighted by Gasteiger charge is -2.32. The zero-order valence-electron chi connectivity index (χ0n) is 22.0. The molecular weight excluding hydrogens is 436 g/mol. The zero-order valence-corrected chi connectivity index (χ0v) is 22.0. The monoisotopic (exact) mass is 477 g/mol. The predicted molar refractivity (Wildman–Crippen MR) is 144 cm³/mol. The van der Waals surface area contributed by atoms with Gasteiger partial charge in [0.05, 0.1) is 0 Å². The van der Waals surface area contributed by atoms with Crippen molar-refractivity contribution in [3.8, 4) is 0 Å². The second-order valence-corrected chi connectivity index (χ2v) is 11.2. The molecule has 188 valence electrons. The van der Waals surface area contributed by atoms with E-state index in [2.05, 4.69) is 69.3 Å². The Balaban J connectivity index is 1.57. The minimum atomic E-state index is -2.48. The molecule has 1 fully saturated rings. The molecule has 4 rings (SSSR count). The predicted octanol–water partition coefficient (Wildman–Crippen LogP) is 9.37. The first-order valence-electron chi connectivity index (χ1n) is 13.2. The Morgan fingerprint density at radius 2 is 1.80 bits per heavy atom. The maximum atomic E-state index is 13.8. The van der Waals surface area contributed by atoms with Crippen LogP contribution in [0.4, 0.5) is 8.78 Å². The van der Waals surface area contributed by atoms with Gasteiger partial charge in [0.1, 0.15) is 0 Å². The van der Waals surface area contributed by atoms with E-state index < -0.39 is 5.92 Å². The van der Waals surface area contributed by atoms with Crippen molar-refractivity contribution in [1.82, 2.24) is 4.90 Å². The first kappa shape index (κ1) is 25.7. The molecule has 3 aliphatic carbocycles. The fourth-order valence-electron chi connectivity index (χ4n) is 5.95. The summed E-state index contributed by atoms with van der Waals surface area (Å²) in [6, 6.07) is 0. The molecule has 1 atom stereocenters. The summed E-state index contributed by atoms with van der Waals surface area (Å²) in [7, 11) is 0. The molecule has 1 unspecified atom stereocenters. The molecule has 1 heterocycles. The number of allylic oxidation sites excluding steroid dienone is 12. The maximum Gasteiger partial charge on any atom is 0.248 e. The molecule has 4 aliphatic rings. The number of rotatable bonds is 6. The van der Waals surface area contributed by atoms with Gasteiger partial charge >= 0.3 is 0 Å². The average Bonchev–Trinajstić information content (AvgIpc) is 3.20. The van der Waals surface area contributed by atoms with Crippen LogP contribution in [-0.2, 0) is 0 Å². The van der Waals surface area contributed by atoms with E-state index in [-0.39, 0.29) is 12.8 Å². The number of hydrogen-bond acceptors (Lipinski definition) is 1. The largest absolute Gasteiger partial charge is 0.351 e. The molecule has 0 amide bonds. The SMILES string of the molecule is C=C(C)C1=CCC(C2=CN(CC3CCC(F)(F)CC3)/C(=C/C(=C)C3=C(C)CCC(C)=C3C)C2)C=C1. The molecule has 0 N–H and O–H groups in total. The molecule has 35 heavy (non-hydrogen) atoms. The summed E-state index contributed by atoms with van der Waals surface area (Å²) in [5, 5.41) is 0. The Bertz CT molecular complexity index is 1080. The number of hydrogen-bond donors (Lipinski definition) is 0. The van der Waals surface area contributed by atoms with Gasteiger partial charge in [-0.05, 0) is 99.7 Å². The van der Waals surface area contributed by atoms with Gasteiger partial charge in [-0.2, -0.15) is 0 Å². The highest BCUT2D eigenvalue weighted by Gasteiger charge is 2.36. The van der Waals surface area contributed by atoms with Crippen LogP contribution in [0.3, 0.4) is 0 Å². The lowest BCUT2D eigenvalue weighted by molar-refractivity contribution is -0.0471. The van der Waals surface area contributed by atoms with Gasteiger partial charge in [0.2, 0.25) is 5.92 Å². The summed E-state index contributed by atoms with van der Waals surface area (Å²) in [5.41, 5.74) is 11.6. The van der Waals surface area contributed by atoms with Crippen LogP contribution < -0.4 is 0 Å². The first-order chi connectivity index (χ1) is 16.5. The molecule has 0 aromatic heterocycles. The van der Waals surface area contributed by atoms with Crippen LogP contribution in [0.5, 0.6) is 0 Å². The van der Waals surface area contributed by atoms with Crippen molar-refractivity contribution in [2.45, 2.75) is 85.0 Å². The average molecular weight is 478 g/mol. The standard InChI is InChI=1S/C32H41F2N/c1-21(2)27-9-11-28(12-10-27)29-18-30(17-24(5)31-23(4)8-7-22(3)25(31)6)35(20-29)19-26-13-15-32(33,34)16-14-26/h9-11,17,20,26,28H,1,5,7-8,12-16,18-19H2,2-4,6H3/b30-17+. The maximum absolute atomic E-state index is 13.8. The smallest absolute Gasteiger partial charge is 0.248 e. The lowest BCUT2D eigenvalue weighted by Crippen LogP contribution is -2.30. The number of nitrogens with zero attached hydrogens (tertiary/aromatic N) is 1. The summed E-state index contributed by atoms with van der Waals surface area (Å²) in [6.07, 6.45) is 16.7. The van der Waals surface area contributed by atoms with E-state index in [1.54, 1.807) is 0 Å². The summed E-state index contributed by atoms with van der Waals surface area (Å²) in [4.78, 5) is 2.35. The van der Waals surface area contributed by atoms with Crippen LogP contribution in [-0.4, -0.2) is 17.4 Å². The Hall–Kier alpha value is -2.42. The fourth-order valence-corrected chi connectivity index (χ4v) is 5.95. The minimum absolute atomic E-state index is 0.0169. The lowest BCUT2D eigenvalue weighted by atomic mass is 9.83. The van der Waals surface area contributed by atoms with Crippen molar-refractivity contribution in [3.63, 3.8) is 0 Å². The summed E-state index contributed by atoms with van der Waals surface area (Å²) in [6.45, 7) is 18.1. The second-order valence-electron chi connectivity index (χ2n) is 11.2. The topological polar surface area (TPSA) is 3.24 Å². The molecule has 3 heteroatoms. The number of halogens is 2. The molecule has 1 nitrogen and oxygen atoms in total. The van der Waals surface area contributed by atoms with Crippen molar-refractivity contribution < 1.29 is 8.78 Å². The quantitative estimate of drug-likeness (QED) is 0.368. The van der Waals surface area contributed by atoms with Gasteiger partial charge in [-0.1, -0.05) is 48.1 Å². The van der Waals surface area contributed by atoms with E-state index in [4.69, 9.17) is 0 Å². The van der Waals surface area contributed by atoms with Crippen molar-refractivity contribution in [3.05, 3.63) is 93.9 Å². The van der Waals surface area contributed by atoms with E-state index in [1.807, 2.05) is 6.92 Å². The summed E-state index contributed by atoms with van der Waals surface area (Å²) < 4.78 is 27.5. The van der Waals surface area contributed by atoms with E-state index in [1.165, 1.54) is 39.1 Å². The van der Waals surface area contributed by atoms with Gasteiger partial charge in [-0.15, -0.1) is 0 Å². The van der Waals surface area contributed by atoms with Gasteiger partial charge in [-0.25, -0.2) is 8.78 Å². The first-order valence-corrected chi connectivity index (χ1v) is 13.2.